The standard InChI is InChI=1S/C14H20ClNO2S/c1-10-5-3-8-13(15)14(10)16-11-6-4-7-12(9-11)19(2,17)18/h3,5,8,11-12,16H,4,6-7,9H2,1-2H3. The lowest BCUT2D eigenvalue weighted by atomic mass is 9.94. The molecule has 5 heteroatoms. The number of benzene rings is 1. The van der Waals surface area contributed by atoms with Gasteiger partial charge in [-0.1, -0.05) is 30.2 Å². The maximum Gasteiger partial charge on any atom is 0.150 e. The molecule has 106 valence electrons. The molecule has 1 fully saturated rings. The van der Waals surface area contributed by atoms with E-state index in [4.69, 9.17) is 11.6 Å². The van der Waals surface area contributed by atoms with Gasteiger partial charge in [-0.25, -0.2) is 8.42 Å². The summed E-state index contributed by atoms with van der Waals surface area (Å²) in [6.07, 6.45) is 4.72. The van der Waals surface area contributed by atoms with E-state index in [-0.39, 0.29) is 11.3 Å². The topological polar surface area (TPSA) is 46.2 Å². The van der Waals surface area contributed by atoms with Crippen molar-refractivity contribution in [2.24, 2.45) is 0 Å². The average Bonchev–Trinajstić information content (AvgIpc) is 2.33. The van der Waals surface area contributed by atoms with Crippen molar-refractivity contribution >= 4 is 27.1 Å². The van der Waals surface area contributed by atoms with E-state index in [1.165, 1.54) is 6.26 Å². The zero-order valence-electron chi connectivity index (χ0n) is 11.3. The van der Waals surface area contributed by atoms with E-state index in [1.807, 2.05) is 25.1 Å². The summed E-state index contributed by atoms with van der Waals surface area (Å²) in [7, 11) is -2.94. The van der Waals surface area contributed by atoms with E-state index < -0.39 is 9.84 Å². The van der Waals surface area contributed by atoms with Gasteiger partial charge < -0.3 is 5.32 Å². The number of hydrogen-bond acceptors (Lipinski definition) is 3. The molecule has 0 bridgehead atoms. The third-order valence-electron chi connectivity index (χ3n) is 3.80. The maximum absolute atomic E-state index is 11.7. The van der Waals surface area contributed by atoms with E-state index in [0.717, 1.165) is 30.5 Å². The highest BCUT2D eigenvalue weighted by molar-refractivity contribution is 7.91. The summed E-state index contributed by atoms with van der Waals surface area (Å²) in [5.74, 6) is 0. The first-order valence-corrected chi connectivity index (χ1v) is 8.91. The Bertz CT molecular complexity index is 536. The minimum atomic E-state index is -2.94. The van der Waals surface area contributed by atoms with Crippen LogP contribution in [-0.4, -0.2) is 26.0 Å². The fraction of sp³-hybridized carbons (Fsp3) is 0.571. The van der Waals surface area contributed by atoms with Crippen molar-refractivity contribution in [2.75, 3.05) is 11.6 Å². The third kappa shape index (κ3) is 3.63. The molecule has 0 spiro atoms. The number of para-hydroxylation sites is 1. The van der Waals surface area contributed by atoms with Gasteiger partial charge in [0.25, 0.3) is 0 Å². The predicted molar refractivity (Wildman–Crippen MR) is 80.7 cm³/mol. The summed E-state index contributed by atoms with van der Waals surface area (Å²) in [4.78, 5) is 0. The second-order valence-corrected chi connectivity index (χ2v) is 8.12. The first-order valence-electron chi connectivity index (χ1n) is 6.58. The fourth-order valence-electron chi connectivity index (χ4n) is 2.68. The van der Waals surface area contributed by atoms with Gasteiger partial charge in [0, 0.05) is 12.3 Å². The van der Waals surface area contributed by atoms with Gasteiger partial charge >= 0.3 is 0 Å². The fourth-order valence-corrected chi connectivity index (χ4v) is 4.14. The molecule has 1 N–H and O–H groups in total. The van der Waals surface area contributed by atoms with Crippen molar-refractivity contribution in [3.8, 4) is 0 Å². The Labute approximate surface area is 120 Å². The summed E-state index contributed by atoms with van der Waals surface area (Å²) in [5.41, 5.74) is 2.03. The van der Waals surface area contributed by atoms with Crippen LogP contribution in [0.4, 0.5) is 5.69 Å². The largest absolute Gasteiger partial charge is 0.381 e. The molecule has 0 aliphatic heterocycles. The Morgan fingerprint density at radius 3 is 2.68 bits per heavy atom. The summed E-state index contributed by atoms with van der Waals surface area (Å²) in [6.45, 7) is 2.01. The van der Waals surface area contributed by atoms with Crippen molar-refractivity contribution in [3.05, 3.63) is 28.8 Å². The molecular formula is C14H20ClNO2S. The lowest BCUT2D eigenvalue weighted by molar-refractivity contribution is 0.453. The van der Waals surface area contributed by atoms with E-state index in [1.54, 1.807) is 0 Å². The van der Waals surface area contributed by atoms with Crippen LogP contribution in [0, 0.1) is 6.92 Å². The van der Waals surface area contributed by atoms with Crippen molar-refractivity contribution in [2.45, 2.75) is 43.9 Å². The Morgan fingerprint density at radius 2 is 2.05 bits per heavy atom. The van der Waals surface area contributed by atoms with E-state index in [0.29, 0.717) is 11.4 Å². The number of nitrogens with one attached hydrogen (secondary N) is 1. The van der Waals surface area contributed by atoms with Crippen LogP contribution in [-0.2, 0) is 9.84 Å². The number of halogens is 1. The predicted octanol–water partition coefficient (Wildman–Crippen LogP) is 3.42. The Balaban J connectivity index is 2.11. The summed E-state index contributed by atoms with van der Waals surface area (Å²) in [6, 6.07) is 5.97. The van der Waals surface area contributed by atoms with Gasteiger partial charge in [-0.05, 0) is 37.8 Å². The molecule has 0 heterocycles. The van der Waals surface area contributed by atoms with Gasteiger partial charge in [-0.15, -0.1) is 0 Å². The molecule has 1 saturated carbocycles. The van der Waals surface area contributed by atoms with Crippen LogP contribution in [0.15, 0.2) is 18.2 Å². The van der Waals surface area contributed by atoms with Crippen LogP contribution in [0.2, 0.25) is 5.02 Å². The number of aryl methyl sites for hydroxylation is 1. The molecular weight excluding hydrogens is 282 g/mol. The second-order valence-electron chi connectivity index (χ2n) is 5.39. The highest BCUT2D eigenvalue weighted by Crippen LogP contribution is 2.31. The number of sulfone groups is 1. The second kappa shape index (κ2) is 5.71. The maximum atomic E-state index is 11.7. The molecule has 0 aromatic heterocycles. The van der Waals surface area contributed by atoms with Crippen LogP contribution >= 0.6 is 11.6 Å². The Kier molecular flexibility index (Phi) is 4.41. The molecule has 1 aromatic carbocycles. The minimum Gasteiger partial charge on any atom is -0.381 e. The molecule has 3 nitrogen and oxygen atoms in total. The van der Waals surface area contributed by atoms with Crippen molar-refractivity contribution in [3.63, 3.8) is 0 Å². The zero-order chi connectivity index (χ0) is 14.0. The molecule has 0 amide bonds. The summed E-state index contributed by atoms with van der Waals surface area (Å²) < 4.78 is 23.3. The van der Waals surface area contributed by atoms with Gasteiger partial charge in [0.05, 0.1) is 16.0 Å². The molecule has 1 aromatic rings. The van der Waals surface area contributed by atoms with Gasteiger partial charge in [-0.2, -0.15) is 0 Å². The van der Waals surface area contributed by atoms with Crippen LogP contribution in [0.25, 0.3) is 0 Å². The quantitative estimate of drug-likeness (QED) is 0.930. The highest BCUT2D eigenvalue weighted by atomic mass is 35.5. The highest BCUT2D eigenvalue weighted by Gasteiger charge is 2.29. The molecule has 0 radical (unpaired) electrons. The summed E-state index contributed by atoms with van der Waals surface area (Å²) in [5, 5.41) is 3.90. The lowest BCUT2D eigenvalue weighted by Crippen LogP contribution is -2.34. The molecule has 19 heavy (non-hydrogen) atoms. The van der Waals surface area contributed by atoms with Crippen LogP contribution in [0.3, 0.4) is 0 Å². The first-order chi connectivity index (χ1) is 8.88. The Morgan fingerprint density at radius 1 is 1.32 bits per heavy atom. The molecule has 2 rings (SSSR count). The van der Waals surface area contributed by atoms with Crippen LogP contribution in [0.1, 0.15) is 31.2 Å². The normalized spacial score (nSPS) is 24.2. The molecule has 2 unspecified atom stereocenters. The number of hydrogen-bond donors (Lipinski definition) is 1. The Hall–Kier alpha value is -0.740. The number of anilines is 1. The van der Waals surface area contributed by atoms with Gasteiger partial charge in [-0.3, -0.25) is 0 Å². The SMILES string of the molecule is Cc1cccc(Cl)c1NC1CCCC(S(C)(=O)=O)C1. The van der Waals surface area contributed by atoms with E-state index in [9.17, 15) is 8.42 Å². The van der Waals surface area contributed by atoms with E-state index in [2.05, 4.69) is 5.32 Å². The average molecular weight is 302 g/mol. The van der Waals surface area contributed by atoms with Crippen molar-refractivity contribution in [1.29, 1.82) is 0 Å². The van der Waals surface area contributed by atoms with Gasteiger partial charge in [0.1, 0.15) is 9.84 Å². The monoisotopic (exact) mass is 301 g/mol. The zero-order valence-corrected chi connectivity index (χ0v) is 12.9. The van der Waals surface area contributed by atoms with Crippen LogP contribution in [0.5, 0.6) is 0 Å². The summed E-state index contributed by atoms with van der Waals surface area (Å²) >= 11 is 6.19. The van der Waals surface area contributed by atoms with Gasteiger partial charge in [0.15, 0.2) is 0 Å². The smallest absolute Gasteiger partial charge is 0.150 e. The molecule has 1 aliphatic carbocycles. The van der Waals surface area contributed by atoms with Crippen LogP contribution < -0.4 is 5.32 Å². The third-order valence-corrected chi connectivity index (χ3v) is 5.76. The molecule has 0 saturated heterocycles. The number of rotatable bonds is 3. The van der Waals surface area contributed by atoms with E-state index >= 15 is 0 Å². The lowest BCUT2D eigenvalue weighted by Gasteiger charge is -2.30. The van der Waals surface area contributed by atoms with Gasteiger partial charge in [0.2, 0.25) is 0 Å². The molecule has 1 aliphatic rings. The van der Waals surface area contributed by atoms with Crippen molar-refractivity contribution < 1.29 is 8.42 Å². The van der Waals surface area contributed by atoms with Crippen molar-refractivity contribution in [1.82, 2.24) is 0 Å². The minimum absolute atomic E-state index is 0.187. The molecule has 2 atom stereocenters. The first kappa shape index (κ1) is 14.7.